The molecule has 0 saturated carbocycles. The van der Waals surface area contributed by atoms with Crippen molar-refractivity contribution in [3.63, 3.8) is 0 Å². The molecule has 5 rings (SSSR count). The summed E-state index contributed by atoms with van der Waals surface area (Å²) in [6, 6.07) is 13.3. The Bertz CT molecular complexity index is 1410. The SMILES string of the molecule is COc1ccc(-c2noc(CCC(=O)Nc3c(-c4ccc(F)cc4)nc4sccn34)n2)cc1. The van der Waals surface area contributed by atoms with Gasteiger partial charge in [-0.3, -0.25) is 9.20 Å². The van der Waals surface area contributed by atoms with Gasteiger partial charge in [0, 0.05) is 35.5 Å². The molecule has 166 valence electrons. The summed E-state index contributed by atoms with van der Waals surface area (Å²) >= 11 is 1.45. The minimum atomic E-state index is -0.334. The summed E-state index contributed by atoms with van der Waals surface area (Å²) in [6.45, 7) is 0. The van der Waals surface area contributed by atoms with Gasteiger partial charge in [-0.15, -0.1) is 11.3 Å². The molecule has 33 heavy (non-hydrogen) atoms. The van der Waals surface area contributed by atoms with Crippen LogP contribution in [0.25, 0.3) is 27.6 Å². The second-order valence-electron chi connectivity index (χ2n) is 7.16. The number of halogens is 1. The van der Waals surface area contributed by atoms with Crippen molar-refractivity contribution < 1.29 is 18.4 Å². The third-order valence-corrected chi connectivity index (χ3v) is 5.78. The van der Waals surface area contributed by atoms with Crippen LogP contribution in [0.1, 0.15) is 12.3 Å². The fourth-order valence-electron chi connectivity index (χ4n) is 3.34. The highest BCUT2D eigenvalue weighted by Gasteiger charge is 2.18. The van der Waals surface area contributed by atoms with E-state index in [9.17, 15) is 9.18 Å². The molecule has 3 heterocycles. The molecule has 0 aliphatic heterocycles. The van der Waals surface area contributed by atoms with Crippen molar-refractivity contribution in [1.29, 1.82) is 0 Å². The summed E-state index contributed by atoms with van der Waals surface area (Å²) in [7, 11) is 1.60. The van der Waals surface area contributed by atoms with E-state index in [0.717, 1.165) is 16.3 Å². The van der Waals surface area contributed by atoms with Crippen molar-refractivity contribution in [2.45, 2.75) is 12.8 Å². The predicted molar refractivity (Wildman–Crippen MR) is 122 cm³/mol. The van der Waals surface area contributed by atoms with Gasteiger partial charge >= 0.3 is 0 Å². The van der Waals surface area contributed by atoms with E-state index in [0.29, 0.717) is 28.8 Å². The van der Waals surface area contributed by atoms with E-state index in [4.69, 9.17) is 9.26 Å². The van der Waals surface area contributed by atoms with Crippen LogP contribution in [0.4, 0.5) is 10.2 Å². The lowest BCUT2D eigenvalue weighted by atomic mass is 10.1. The lowest BCUT2D eigenvalue weighted by Gasteiger charge is -2.06. The number of nitrogens with zero attached hydrogens (tertiary/aromatic N) is 4. The standard InChI is InChI=1S/C23H18FN5O3S/c1-31-17-8-4-15(5-9-17)21-26-19(32-28-21)11-10-18(30)25-22-20(14-2-6-16(24)7-3-14)27-23-29(22)12-13-33-23/h2-9,12-13H,10-11H2,1H3,(H,25,30). The predicted octanol–water partition coefficient (Wildman–Crippen LogP) is 4.83. The number of imidazole rings is 1. The van der Waals surface area contributed by atoms with E-state index < -0.39 is 0 Å². The van der Waals surface area contributed by atoms with Crippen molar-refractivity contribution in [1.82, 2.24) is 19.5 Å². The number of hydrogen-bond acceptors (Lipinski definition) is 7. The van der Waals surface area contributed by atoms with Crippen LogP contribution in [0.2, 0.25) is 0 Å². The van der Waals surface area contributed by atoms with Gasteiger partial charge in [0.1, 0.15) is 23.1 Å². The summed E-state index contributed by atoms with van der Waals surface area (Å²) in [5.41, 5.74) is 2.08. The van der Waals surface area contributed by atoms with Crippen molar-refractivity contribution in [3.8, 4) is 28.4 Å². The Hall–Kier alpha value is -4.05. The lowest BCUT2D eigenvalue weighted by Crippen LogP contribution is -2.14. The molecule has 0 bridgehead atoms. The molecule has 0 fully saturated rings. The number of rotatable bonds is 7. The second kappa shape index (κ2) is 8.83. The highest BCUT2D eigenvalue weighted by atomic mass is 32.1. The molecule has 1 N–H and O–H groups in total. The van der Waals surface area contributed by atoms with Crippen LogP contribution in [0.5, 0.6) is 5.75 Å². The number of thiazole rings is 1. The van der Waals surface area contributed by atoms with E-state index >= 15 is 0 Å². The zero-order valence-electron chi connectivity index (χ0n) is 17.5. The number of amides is 1. The number of benzene rings is 2. The van der Waals surface area contributed by atoms with Crippen molar-refractivity contribution in [2.24, 2.45) is 0 Å². The van der Waals surface area contributed by atoms with Gasteiger partial charge in [0.25, 0.3) is 0 Å². The topological polar surface area (TPSA) is 94.5 Å². The summed E-state index contributed by atoms with van der Waals surface area (Å²) in [6.07, 6.45) is 2.26. The number of carbonyl (C=O) groups is 1. The number of carbonyl (C=O) groups excluding carboxylic acids is 1. The maximum Gasteiger partial charge on any atom is 0.227 e. The van der Waals surface area contributed by atoms with Crippen LogP contribution in [-0.4, -0.2) is 32.5 Å². The molecular weight excluding hydrogens is 445 g/mol. The van der Waals surface area contributed by atoms with Crippen molar-refractivity contribution in [2.75, 3.05) is 12.4 Å². The van der Waals surface area contributed by atoms with Crippen LogP contribution < -0.4 is 10.1 Å². The lowest BCUT2D eigenvalue weighted by molar-refractivity contribution is -0.116. The van der Waals surface area contributed by atoms with Gasteiger partial charge in [0.2, 0.25) is 17.6 Å². The number of aryl methyl sites for hydroxylation is 1. The maximum absolute atomic E-state index is 13.3. The van der Waals surface area contributed by atoms with E-state index in [2.05, 4.69) is 20.4 Å². The first-order chi connectivity index (χ1) is 16.1. The van der Waals surface area contributed by atoms with E-state index in [1.807, 2.05) is 35.8 Å². The van der Waals surface area contributed by atoms with Crippen molar-refractivity contribution >= 4 is 28.0 Å². The Kier molecular flexibility index (Phi) is 5.57. The summed E-state index contributed by atoms with van der Waals surface area (Å²) < 4.78 is 25.6. The van der Waals surface area contributed by atoms with E-state index in [1.165, 1.54) is 23.5 Å². The number of methoxy groups -OCH3 is 1. The quantitative estimate of drug-likeness (QED) is 0.371. The number of anilines is 1. The van der Waals surface area contributed by atoms with Gasteiger partial charge in [0.05, 0.1) is 7.11 Å². The molecule has 0 radical (unpaired) electrons. The van der Waals surface area contributed by atoms with Crippen LogP contribution in [-0.2, 0) is 11.2 Å². The number of hydrogen-bond donors (Lipinski definition) is 1. The third-order valence-electron chi connectivity index (χ3n) is 5.02. The molecule has 10 heteroatoms. The molecule has 2 aromatic carbocycles. The normalized spacial score (nSPS) is 11.1. The number of fused-ring (bicyclic) bond motifs is 1. The molecule has 8 nitrogen and oxygen atoms in total. The fraction of sp³-hybridized carbons (Fsp3) is 0.130. The van der Waals surface area contributed by atoms with E-state index in [1.54, 1.807) is 23.6 Å². The Labute approximate surface area is 191 Å². The Morgan fingerprint density at radius 3 is 2.64 bits per heavy atom. The van der Waals surface area contributed by atoms with Gasteiger partial charge in [-0.2, -0.15) is 4.98 Å². The zero-order valence-corrected chi connectivity index (χ0v) is 18.3. The highest BCUT2D eigenvalue weighted by Crippen LogP contribution is 2.31. The molecular formula is C23H18FN5O3S. The molecule has 1 amide bonds. The first kappa shape index (κ1) is 20.8. The molecule has 0 spiro atoms. The minimum absolute atomic E-state index is 0.143. The molecule has 0 aliphatic carbocycles. The number of nitrogens with one attached hydrogen (secondary N) is 1. The third kappa shape index (κ3) is 4.33. The van der Waals surface area contributed by atoms with Gasteiger partial charge in [-0.05, 0) is 48.5 Å². The van der Waals surface area contributed by atoms with E-state index in [-0.39, 0.29) is 24.6 Å². The summed E-state index contributed by atoms with van der Waals surface area (Å²) in [5, 5.41) is 8.79. The molecule has 0 aliphatic rings. The van der Waals surface area contributed by atoms with Crippen molar-refractivity contribution in [3.05, 3.63) is 71.8 Å². The molecule has 5 aromatic rings. The number of aromatic nitrogens is 4. The molecule has 0 saturated heterocycles. The molecule has 3 aromatic heterocycles. The van der Waals surface area contributed by atoms with Crippen LogP contribution in [0, 0.1) is 5.82 Å². The highest BCUT2D eigenvalue weighted by molar-refractivity contribution is 7.15. The van der Waals surface area contributed by atoms with Gasteiger partial charge in [-0.25, -0.2) is 9.37 Å². The summed E-state index contributed by atoms with van der Waals surface area (Å²) in [5.74, 6) is 1.52. The first-order valence-corrected chi connectivity index (χ1v) is 11.0. The average molecular weight is 463 g/mol. The van der Waals surface area contributed by atoms with Crippen LogP contribution >= 0.6 is 11.3 Å². The maximum atomic E-state index is 13.3. The summed E-state index contributed by atoms with van der Waals surface area (Å²) in [4.78, 5) is 22.4. The largest absolute Gasteiger partial charge is 0.497 e. The minimum Gasteiger partial charge on any atom is -0.497 e. The zero-order chi connectivity index (χ0) is 22.8. The number of ether oxygens (including phenoxy) is 1. The van der Waals surface area contributed by atoms with Crippen LogP contribution in [0.15, 0.2) is 64.6 Å². The van der Waals surface area contributed by atoms with Gasteiger partial charge < -0.3 is 14.6 Å². The van der Waals surface area contributed by atoms with Crippen LogP contribution in [0.3, 0.4) is 0 Å². The Morgan fingerprint density at radius 1 is 1.12 bits per heavy atom. The molecule has 0 unspecified atom stereocenters. The Balaban J connectivity index is 1.29. The monoisotopic (exact) mass is 463 g/mol. The fourth-order valence-corrected chi connectivity index (χ4v) is 4.06. The smallest absolute Gasteiger partial charge is 0.227 e. The first-order valence-electron chi connectivity index (χ1n) is 10.1. The second-order valence-corrected chi connectivity index (χ2v) is 8.03. The average Bonchev–Trinajstić information content (AvgIpc) is 3.56. The Morgan fingerprint density at radius 2 is 1.88 bits per heavy atom. The van der Waals surface area contributed by atoms with Gasteiger partial charge in [-0.1, -0.05) is 5.16 Å². The van der Waals surface area contributed by atoms with Gasteiger partial charge in [0.15, 0.2) is 4.96 Å². The molecule has 0 atom stereocenters.